The van der Waals surface area contributed by atoms with Crippen molar-refractivity contribution in [3.8, 4) is 11.5 Å². The van der Waals surface area contributed by atoms with Crippen LogP contribution in [0.4, 0.5) is 0 Å². The Kier molecular flexibility index (Phi) is 4.61. The summed E-state index contributed by atoms with van der Waals surface area (Å²) in [4.78, 5) is 22.6. The minimum absolute atomic E-state index is 0.0805. The van der Waals surface area contributed by atoms with Crippen LogP contribution >= 0.6 is 24.0 Å². The lowest BCUT2D eigenvalue weighted by Gasteiger charge is -2.11. The van der Waals surface area contributed by atoms with Crippen molar-refractivity contribution in [2.75, 3.05) is 7.11 Å². The van der Waals surface area contributed by atoms with E-state index in [1.165, 1.54) is 25.8 Å². The molecular formula is C13H13NO4S2. The number of methoxy groups -OCH3 is 1. The quantitative estimate of drug-likeness (QED) is 0.518. The van der Waals surface area contributed by atoms with Crippen LogP contribution < -0.4 is 14.8 Å². The summed E-state index contributed by atoms with van der Waals surface area (Å²) in [6, 6.07) is 5.22. The van der Waals surface area contributed by atoms with Crippen LogP contribution in [0.2, 0.25) is 0 Å². The highest BCUT2D eigenvalue weighted by Gasteiger charge is 2.29. The molecule has 1 atom stereocenters. The first-order valence-corrected chi connectivity index (χ1v) is 7.15. The van der Waals surface area contributed by atoms with E-state index in [2.05, 4.69) is 5.32 Å². The van der Waals surface area contributed by atoms with Gasteiger partial charge in [-0.3, -0.25) is 9.59 Å². The molecule has 0 aromatic heterocycles. The minimum Gasteiger partial charge on any atom is -0.493 e. The van der Waals surface area contributed by atoms with Gasteiger partial charge in [-0.1, -0.05) is 30.0 Å². The molecule has 7 heteroatoms. The van der Waals surface area contributed by atoms with Crippen molar-refractivity contribution in [3.05, 3.63) is 23.8 Å². The maximum absolute atomic E-state index is 11.6. The monoisotopic (exact) mass is 311 g/mol. The van der Waals surface area contributed by atoms with Gasteiger partial charge in [0.15, 0.2) is 11.5 Å². The maximum atomic E-state index is 11.6. The van der Waals surface area contributed by atoms with Crippen LogP contribution in [-0.4, -0.2) is 28.6 Å². The molecule has 1 heterocycles. The Morgan fingerprint density at radius 2 is 2.20 bits per heavy atom. The Labute approximate surface area is 126 Å². The summed E-state index contributed by atoms with van der Waals surface area (Å²) in [6.07, 6.45) is 0.535. The van der Waals surface area contributed by atoms with E-state index >= 15 is 0 Å². The maximum Gasteiger partial charge on any atom is 0.308 e. The van der Waals surface area contributed by atoms with Crippen molar-refractivity contribution in [1.82, 2.24) is 5.32 Å². The summed E-state index contributed by atoms with van der Waals surface area (Å²) < 4.78 is 10.7. The summed E-state index contributed by atoms with van der Waals surface area (Å²) in [5, 5.41) is 2.38. The summed E-state index contributed by atoms with van der Waals surface area (Å²) in [5.74, 6) is 0.335. The normalized spacial score (nSPS) is 17.8. The molecule has 1 amide bonds. The second kappa shape index (κ2) is 6.23. The number of hydrogen-bond acceptors (Lipinski definition) is 6. The van der Waals surface area contributed by atoms with Gasteiger partial charge in [0, 0.05) is 6.92 Å². The van der Waals surface area contributed by atoms with Crippen molar-refractivity contribution in [3.63, 3.8) is 0 Å². The van der Waals surface area contributed by atoms with Crippen LogP contribution in [0.15, 0.2) is 18.2 Å². The topological polar surface area (TPSA) is 64.6 Å². The first-order valence-electron chi connectivity index (χ1n) is 5.86. The Bertz CT molecular complexity index is 573. The zero-order valence-corrected chi connectivity index (χ0v) is 12.6. The lowest BCUT2D eigenvalue weighted by molar-refractivity contribution is -0.132. The van der Waals surface area contributed by atoms with Gasteiger partial charge in [0.25, 0.3) is 0 Å². The van der Waals surface area contributed by atoms with E-state index in [4.69, 9.17) is 21.7 Å². The third-order valence-electron chi connectivity index (χ3n) is 2.67. The van der Waals surface area contributed by atoms with Crippen molar-refractivity contribution in [2.24, 2.45) is 0 Å². The highest BCUT2D eigenvalue weighted by Crippen LogP contribution is 2.30. The van der Waals surface area contributed by atoms with Crippen LogP contribution in [-0.2, 0) is 16.0 Å². The number of benzene rings is 1. The van der Waals surface area contributed by atoms with Crippen LogP contribution in [0.25, 0.3) is 0 Å². The van der Waals surface area contributed by atoms with Crippen molar-refractivity contribution in [2.45, 2.75) is 18.6 Å². The summed E-state index contributed by atoms with van der Waals surface area (Å²) in [6.45, 7) is 1.33. The number of carbonyl (C=O) groups excluding carboxylic acids is 2. The van der Waals surface area contributed by atoms with Gasteiger partial charge in [-0.2, -0.15) is 0 Å². The van der Waals surface area contributed by atoms with Crippen molar-refractivity contribution in [1.29, 1.82) is 0 Å². The zero-order valence-electron chi connectivity index (χ0n) is 11.0. The molecule has 0 bridgehead atoms. The molecule has 1 N–H and O–H groups in total. The Morgan fingerprint density at radius 3 is 2.75 bits per heavy atom. The third kappa shape index (κ3) is 3.49. The Hall–Kier alpha value is -1.60. The number of carbonyl (C=O) groups is 2. The average Bonchev–Trinajstić information content (AvgIpc) is 2.69. The van der Waals surface area contributed by atoms with Crippen molar-refractivity contribution < 1.29 is 19.1 Å². The number of rotatable bonds is 4. The molecule has 0 saturated carbocycles. The van der Waals surface area contributed by atoms with Gasteiger partial charge in [0.1, 0.15) is 4.32 Å². The first kappa shape index (κ1) is 14.8. The van der Waals surface area contributed by atoms with E-state index in [9.17, 15) is 9.59 Å². The van der Waals surface area contributed by atoms with E-state index in [0.717, 1.165) is 5.56 Å². The molecule has 20 heavy (non-hydrogen) atoms. The standard InChI is InChI=1S/C13H13NO4S2/c1-7(15)18-9-4-3-8(5-10(9)17-2)6-11-12(16)14-13(19)20-11/h3-5,11H,6H2,1-2H3,(H,14,16,19). The molecule has 1 aliphatic heterocycles. The largest absolute Gasteiger partial charge is 0.493 e. The molecule has 1 fully saturated rings. The van der Waals surface area contributed by atoms with Gasteiger partial charge in [-0.25, -0.2) is 0 Å². The molecule has 0 radical (unpaired) electrons. The lowest BCUT2D eigenvalue weighted by atomic mass is 10.1. The van der Waals surface area contributed by atoms with E-state index in [0.29, 0.717) is 22.2 Å². The highest BCUT2D eigenvalue weighted by molar-refractivity contribution is 8.24. The molecule has 1 aromatic rings. The molecule has 2 rings (SSSR count). The predicted molar refractivity (Wildman–Crippen MR) is 80.1 cm³/mol. The van der Waals surface area contributed by atoms with Crippen LogP contribution in [0.5, 0.6) is 11.5 Å². The van der Waals surface area contributed by atoms with E-state index in [1.54, 1.807) is 18.2 Å². The summed E-state index contributed by atoms with van der Waals surface area (Å²) in [7, 11) is 1.50. The van der Waals surface area contributed by atoms with Gasteiger partial charge in [0.05, 0.1) is 12.4 Å². The molecule has 1 aromatic carbocycles. The van der Waals surface area contributed by atoms with E-state index in [-0.39, 0.29) is 11.2 Å². The molecule has 106 valence electrons. The Balaban J connectivity index is 2.15. The first-order chi connectivity index (χ1) is 9.49. The molecular weight excluding hydrogens is 298 g/mol. The summed E-state index contributed by atoms with van der Waals surface area (Å²) in [5.41, 5.74) is 0.912. The van der Waals surface area contributed by atoms with Gasteiger partial charge < -0.3 is 14.8 Å². The third-order valence-corrected chi connectivity index (χ3v) is 4.04. The zero-order chi connectivity index (χ0) is 14.7. The SMILES string of the molecule is COc1cc(CC2SC(=S)NC2=O)ccc1OC(C)=O. The van der Waals surface area contributed by atoms with Crippen LogP contribution in [0.3, 0.4) is 0 Å². The smallest absolute Gasteiger partial charge is 0.308 e. The highest BCUT2D eigenvalue weighted by atomic mass is 32.2. The summed E-state index contributed by atoms with van der Waals surface area (Å²) >= 11 is 6.30. The molecule has 1 saturated heterocycles. The van der Waals surface area contributed by atoms with Gasteiger partial charge in [0.2, 0.25) is 5.91 Å². The fourth-order valence-corrected chi connectivity index (χ4v) is 3.13. The second-order valence-corrected chi connectivity index (χ2v) is 6.05. The number of nitrogens with one attached hydrogen (secondary N) is 1. The second-order valence-electron chi connectivity index (χ2n) is 4.17. The van der Waals surface area contributed by atoms with Gasteiger partial charge in [-0.15, -0.1) is 0 Å². The fraction of sp³-hybridized carbons (Fsp3) is 0.308. The predicted octanol–water partition coefficient (Wildman–Crippen LogP) is 1.68. The van der Waals surface area contributed by atoms with Gasteiger partial charge >= 0.3 is 5.97 Å². The molecule has 0 spiro atoms. The molecule has 1 unspecified atom stereocenters. The lowest BCUT2D eigenvalue weighted by Crippen LogP contribution is -2.25. The molecule has 1 aliphatic rings. The molecule has 5 nitrogen and oxygen atoms in total. The molecule has 0 aliphatic carbocycles. The van der Waals surface area contributed by atoms with E-state index in [1.807, 2.05) is 0 Å². The van der Waals surface area contributed by atoms with Crippen molar-refractivity contribution >= 4 is 40.2 Å². The fourth-order valence-electron chi connectivity index (χ4n) is 1.82. The van der Waals surface area contributed by atoms with Gasteiger partial charge in [-0.05, 0) is 24.1 Å². The minimum atomic E-state index is -0.410. The Morgan fingerprint density at radius 1 is 1.45 bits per heavy atom. The van der Waals surface area contributed by atoms with Crippen LogP contribution in [0.1, 0.15) is 12.5 Å². The number of ether oxygens (including phenoxy) is 2. The number of esters is 1. The number of amides is 1. The number of thiocarbonyl (C=S) groups is 1. The van der Waals surface area contributed by atoms with Crippen LogP contribution in [0, 0.1) is 0 Å². The number of thioether (sulfide) groups is 1. The number of hydrogen-bond donors (Lipinski definition) is 1. The average molecular weight is 311 g/mol. The van der Waals surface area contributed by atoms with E-state index < -0.39 is 5.97 Å².